The van der Waals surface area contributed by atoms with Gasteiger partial charge >= 0.3 is 0 Å². The van der Waals surface area contributed by atoms with Crippen molar-refractivity contribution in [3.8, 4) is 22.3 Å². The maximum absolute atomic E-state index is 8.68. The van der Waals surface area contributed by atoms with E-state index in [-0.39, 0.29) is 5.71 Å². The first-order valence-electron chi connectivity index (χ1n) is 14.9. The lowest BCUT2D eigenvalue weighted by Crippen LogP contribution is -2.72. The molecule has 3 N–H and O–H groups in total. The predicted octanol–water partition coefficient (Wildman–Crippen LogP) is 9.35. The predicted molar refractivity (Wildman–Crippen MR) is 190 cm³/mol. The molecule has 0 aliphatic carbocycles. The van der Waals surface area contributed by atoms with Crippen molar-refractivity contribution in [1.29, 1.82) is 5.41 Å². The van der Waals surface area contributed by atoms with Gasteiger partial charge in [-0.3, -0.25) is 10.4 Å². The first kappa shape index (κ1) is 27.8. The molecule has 0 bridgehead atoms. The van der Waals surface area contributed by atoms with Crippen LogP contribution in [0.1, 0.15) is 5.56 Å². The lowest BCUT2D eigenvalue weighted by Gasteiger charge is -2.15. The van der Waals surface area contributed by atoms with Crippen LogP contribution in [0.4, 0.5) is 5.69 Å². The van der Waals surface area contributed by atoms with Crippen molar-refractivity contribution >= 4 is 55.5 Å². The third-order valence-corrected chi connectivity index (χ3v) is 8.20. The summed E-state index contributed by atoms with van der Waals surface area (Å²) in [6, 6.07) is 44.2. The number of quaternary nitrogens is 1. The Labute approximate surface area is 262 Å². The van der Waals surface area contributed by atoms with Crippen molar-refractivity contribution in [3.05, 3.63) is 164 Å². The zero-order valence-corrected chi connectivity index (χ0v) is 24.7. The topological polar surface area (TPSA) is 65.7 Å². The van der Waals surface area contributed by atoms with Crippen molar-refractivity contribution in [3.63, 3.8) is 0 Å². The monoisotopic (exact) mass is 579 g/mol. The van der Waals surface area contributed by atoms with Gasteiger partial charge in [-0.2, -0.15) is 5.43 Å². The maximum atomic E-state index is 8.68. The zero-order valence-electron chi connectivity index (χ0n) is 24.7. The highest BCUT2D eigenvalue weighted by atomic mass is 15.3. The molecule has 6 aromatic carbocycles. The summed E-state index contributed by atoms with van der Waals surface area (Å²) in [5.74, 6) is 0. The number of pyridine rings is 1. The van der Waals surface area contributed by atoms with Gasteiger partial charge in [-0.25, -0.2) is 0 Å². The van der Waals surface area contributed by atoms with Gasteiger partial charge in [0, 0.05) is 29.4 Å². The number of fused-ring (bicyclic) bond motifs is 3. The first-order chi connectivity index (χ1) is 22.2. The summed E-state index contributed by atoms with van der Waals surface area (Å²) in [6.07, 6.45) is 9.24. The van der Waals surface area contributed by atoms with Crippen LogP contribution in [0.15, 0.2) is 164 Å². The lowest BCUT2D eigenvalue weighted by molar-refractivity contribution is -0.575. The third kappa shape index (κ3) is 5.35. The number of benzene rings is 6. The molecule has 0 amide bonds. The van der Waals surface area contributed by atoms with Crippen LogP contribution in [0.3, 0.4) is 0 Å². The van der Waals surface area contributed by atoms with Crippen LogP contribution in [-0.4, -0.2) is 16.4 Å². The minimum Gasteiger partial charge on any atom is -0.298 e. The molecule has 0 saturated carbocycles. The molecule has 1 heterocycles. The van der Waals surface area contributed by atoms with E-state index < -0.39 is 0 Å². The molecule has 7 aromatic rings. The molecule has 0 atom stereocenters. The standard InChI is InChI=1S/C41H30N4/c1-2-38(42)40(45-44-39-24-22-30(29-15-12-26-43-27-29)31-16-6-9-19-35(31)39)25-23-34-32-17-7-10-20-36(32)41(28-13-4-3-5-14-28)37-21-11-8-18-33(34)37/h2-27,42,44H,1H2/p+1. The molecule has 0 saturated heterocycles. The van der Waals surface area contributed by atoms with E-state index in [2.05, 4.69) is 133 Å². The second kappa shape index (κ2) is 12.3. The Bertz CT molecular complexity index is 2210. The first-order valence-corrected chi connectivity index (χ1v) is 14.9. The number of nitrogens with two attached hydrogens (primary N) is 1. The van der Waals surface area contributed by atoms with Crippen LogP contribution < -0.4 is 5.43 Å². The van der Waals surface area contributed by atoms with Gasteiger partial charge in [0.15, 0.2) is 5.69 Å². The van der Waals surface area contributed by atoms with Crippen LogP contribution in [0.5, 0.6) is 0 Å². The fourth-order valence-electron chi connectivity index (χ4n) is 6.07. The smallest absolute Gasteiger partial charge is 0.163 e. The number of hydrogen-bond donors (Lipinski definition) is 2. The summed E-state index contributed by atoms with van der Waals surface area (Å²) in [7, 11) is 0. The summed E-state index contributed by atoms with van der Waals surface area (Å²) >= 11 is 0. The quantitative estimate of drug-likeness (QED) is 0.0608. The summed E-state index contributed by atoms with van der Waals surface area (Å²) in [4.78, 5) is 4.31. The Morgan fingerprint density at radius 3 is 1.89 bits per heavy atom. The molecule has 0 aliphatic rings. The number of rotatable bonds is 8. The van der Waals surface area contributed by atoms with Crippen molar-refractivity contribution < 1.29 is 5.43 Å². The fraction of sp³-hybridized carbons (Fsp3) is 0. The SMILES string of the molecule is C=CC(=N)C(C=Cc1c2ccccc2c(-c2ccccc2)c2ccccc12)=N[NH2+]c1ccc(-c2cccnc2)c2ccccc12. The lowest BCUT2D eigenvalue weighted by atomic mass is 9.88. The van der Waals surface area contributed by atoms with E-state index in [0.717, 1.165) is 43.9 Å². The van der Waals surface area contributed by atoms with Gasteiger partial charge in [-0.1, -0.05) is 121 Å². The molecule has 0 fully saturated rings. The van der Waals surface area contributed by atoms with Gasteiger partial charge in [-0.05, 0) is 79.5 Å². The van der Waals surface area contributed by atoms with E-state index in [9.17, 15) is 0 Å². The molecular formula is C41H31N4+. The molecule has 45 heavy (non-hydrogen) atoms. The van der Waals surface area contributed by atoms with E-state index >= 15 is 0 Å². The van der Waals surface area contributed by atoms with Crippen LogP contribution in [0, 0.1) is 5.41 Å². The normalized spacial score (nSPS) is 11.9. The van der Waals surface area contributed by atoms with Crippen LogP contribution in [-0.2, 0) is 0 Å². The van der Waals surface area contributed by atoms with E-state index in [0.29, 0.717) is 5.71 Å². The highest BCUT2D eigenvalue weighted by molar-refractivity contribution is 6.49. The molecule has 4 nitrogen and oxygen atoms in total. The molecule has 0 unspecified atom stereocenters. The number of allylic oxidation sites excluding steroid dienone is 2. The molecule has 214 valence electrons. The van der Waals surface area contributed by atoms with Gasteiger partial charge in [0.1, 0.15) is 5.71 Å². The Hall–Kier alpha value is -5.97. The van der Waals surface area contributed by atoms with E-state index in [1.165, 1.54) is 28.0 Å². The number of hydrogen-bond acceptors (Lipinski definition) is 3. The minimum absolute atomic E-state index is 0.258. The van der Waals surface area contributed by atoms with Crippen LogP contribution in [0.2, 0.25) is 0 Å². The highest BCUT2D eigenvalue weighted by Crippen LogP contribution is 2.39. The summed E-state index contributed by atoms with van der Waals surface area (Å²) < 4.78 is 0. The van der Waals surface area contributed by atoms with Gasteiger partial charge in [0.25, 0.3) is 0 Å². The number of aromatic nitrogens is 1. The zero-order chi connectivity index (χ0) is 30.6. The largest absolute Gasteiger partial charge is 0.298 e. The van der Waals surface area contributed by atoms with Gasteiger partial charge in [0.05, 0.1) is 5.71 Å². The fourth-order valence-corrected chi connectivity index (χ4v) is 6.07. The van der Waals surface area contributed by atoms with Crippen molar-refractivity contribution in [2.45, 2.75) is 0 Å². The molecule has 4 heteroatoms. The average Bonchev–Trinajstić information content (AvgIpc) is 3.11. The second-order valence-electron chi connectivity index (χ2n) is 10.8. The van der Waals surface area contributed by atoms with Gasteiger partial charge < -0.3 is 0 Å². The van der Waals surface area contributed by atoms with Crippen LogP contribution >= 0.6 is 0 Å². The second-order valence-corrected chi connectivity index (χ2v) is 10.8. The van der Waals surface area contributed by atoms with Crippen molar-refractivity contribution in [2.24, 2.45) is 5.10 Å². The molecule has 0 aliphatic heterocycles. The third-order valence-electron chi connectivity index (χ3n) is 8.20. The van der Waals surface area contributed by atoms with Gasteiger partial charge in [0.2, 0.25) is 0 Å². The van der Waals surface area contributed by atoms with Gasteiger partial charge in [-0.15, -0.1) is 0 Å². The number of nitrogens with zero attached hydrogens (tertiary/aromatic N) is 2. The molecular weight excluding hydrogens is 548 g/mol. The Morgan fingerprint density at radius 1 is 0.644 bits per heavy atom. The van der Waals surface area contributed by atoms with Crippen molar-refractivity contribution in [1.82, 2.24) is 4.98 Å². The molecule has 7 rings (SSSR count). The molecule has 1 aromatic heterocycles. The van der Waals surface area contributed by atoms with Crippen LogP contribution in [0.25, 0.3) is 60.6 Å². The highest BCUT2D eigenvalue weighted by Gasteiger charge is 2.15. The summed E-state index contributed by atoms with van der Waals surface area (Å²) in [6.45, 7) is 3.87. The van der Waals surface area contributed by atoms with E-state index in [1.54, 1.807) is 6.20 Å². The Balaban J connectivity index is 1.33. The molecule has 0 spiro atoms. The Kier molecular flexibility index (Phi) is 7.63. The summed E-state index contributed by atoms with van der Waals surface area (Å²) in [5, 5.41) is 20.4. The summed E-state index contributed by atoms with van der Waals surface area (Å²) in [5.41, 5.74) is 9.31. The van der Waals surface area contributed by atoms with Crippen molar-refractivity contribution in [2.75, 3.05) is 0 Å². The molecule has 0 radical (unpaired) electrons. The maximum Gasteiger partial charge on any atom is 0.163 e. The average molecular weight is 580 g/mol. The number of nitrogens with one attached hydrogen (secondary N) is 1. The Morgan fingerprint density at radius 2 is 1.24 bits per heavy atom. The van der Waals surface area contributed by atoms with E-state index in [4.69, 9.17) is 10.5 Å². The minimum atomic E-state index is 0.258. The van der Waals surface area contributed by atoms with E-state index in [1.807, 2.05) is 29.8 Å².